The highest BCUT2D eigenvalue weighted by Gasteiger charge is 2.32. The van der Waals surface area contributed by atoms with Crippen molar-refractivity contribution in [3.63, 3.8) is 0 Å². The van der Waals surface area contributed by atoms with Gasteiger partial charge in [-0.1, -0.05) is 12.1 Å². The number of rotatable bonds is 7. The first kappa shape index (κ1) is 19.5. The number of hydrogen-bond donors (Lipinski definition) is 0. The molecule has 0 saturated heterocycles. The van der Waals surface area contributed by atoms with Crippen LogP contribution in [0.25, 0.3) is 0 Å². The second-order valence-electron chi connectivity index (χ2n) is 5.19. The number of carbonyl (C=O) groups is 2. The SMILES string of the molecule is C=CCN(CC(F)(F)F)C(=O)c1cccc(OCC(=O)N(C)C)c1. The van der Waals surface area contributed by atoms with Gasteiger partial charge in [0.1, 0.15) is 12.3 Å². The highest BCUT2D eigenvalue weighted by atomic mass is 19.4. The molecule has 1 aromatic carbocycles. The van der Waals surface area contributed by atoms with Crippen LogP contribution in [0, 0.1) is 0 Å². The lowest BCUT2D eigenvalue weighted by Crippen LogP contribution is -2.39. The number of carbonyl (C=O) groups excluding carboxylic acids is 2. The van der Waals surface area contributed by atoms with E-state index in [0.29, 0.717) is 4.90 Å². The van der Waals surface area contributed by atoms with E-state index >= 15 is 0 Å². The van der Waals surface area contributed by atoms with E-state index in [1.54, 1.807) is 14.1 Å². The van der Waals surface area contributed by atoms with E-state index in [9.17, 15) is 22.8 Å². The summed E-state index contributed by atoms with van der Waals surface area (Å²) in [5, 5.41) is 0. The summed E-state index contributed by atoms with van der Waals surface area (Å²) in [7, 11) is 3.13. The van der Waals surface area contributed by atoms with Gasteiger partial charge in [-0.3, -0.25) is 9.59 Å². The Hall–Kier alpha value is -2.51. The lowest BCUT2D eigenvalue weighted by atomic mass is 10.2. The Labute approximate surface area is 138 Å². The third-order valence-corrected chi connectivity index (χ3v) is 2.95. The quantitative estimate of drug-likeness (QED) is 0.714. The van der Waals surface area contributed by atoms with Crippen molar-refractivity contribution in [3.8, 4) is 5.75 Å². The molecule has 0 N–H and O–H groups in total. The zero-order valence-corrected chi connectivity index (χ0v) is 13.5. The van der Waals surface area contributed by atoms with Crippen LogP contribution < -0.4 is 4.74 Å². The van der Waals surface area contributed by atoms with E-state index < -0.39 is 18.6 Å². The van der Waals surface area contributed by atoms with Crippen molar-refractivity contribution < 1.29 is 27.5 Å². The predicted molar refractivity (Wildman–Crippen MR) is 82.8 cm³/mol. The monoisotopic (exact) mass is 344 g/mol. The lowest BCUT2D eigenvalue weighted by molar-refractivity contribution is -0.139. The fourth-order valence-electron chi connectivity index (χ4n) is 1.77. The number of benzene rings is 1. The molecule has 5 nitrogen and oxygen atoms in total. The van der Waals surface area contributed by atoms with Crippen LogP contribution in [0.2, 0.25) is 0 Å². The summed E-state index contributed by atoms with van der Waals surface area (Å²) in [4.78, 5) is 25.7. The van der Waals surface area contributed by atoms with Gasteiger partial charge in [0.05, 0.1) is 0 Å². The summed E-state index contributed by atoms with van der Waals surface area (Å²) >= 11 is 0. The predicted octanol–water partition coefficient (Wildman–Crippen LogP) is 2.34. The third kappa shape index (κ3) is 6.31. The highest BCUT2D eigenvalue weighted by molar-refractivity contribution is 5.94. The maximum atomic E-state index is 12.6. The van der Waals surface area contributed by atoms with Crippen LogP contribution in [0.15, 0.2) is 36.9 Å². The van der Waals surface area contributed by atoms with Crippen LogP contribution in [0.5, 0.6) is 5.75 Å². The van der Waals surface area contributed by atoms with Gasteiger partial charge in [0, 0.05) is 26.2 Å². The maximum absolute atomic E-state index is 12.6. The highest BCUT2D eigenvalue weighted by Crippen LogP contribution is 2.20. The molecule has 0 atom stereocenters. The van der Waals surface area contributed by atoms with Gasteiger partial charge in [-0.2, -0.15) is 13.2 Å². The number of likely N-dealkylation sites (N-methyl/N-ethyl adjacent to an activating group) is 1. The van der Waals surface area contributed by atoms with E-state index in [1.807, 2.05) is 0 Å². The van der Waals surface area contributed by atoms with Crippen LogP contribution in [0.3, 0.4) is 0 Å². The molecule has 0 aromatic heterocycles. The zero-order chi connectivity index (χ0) is 18.3. The van der Waals surface area contributed by atoms with Crippen LogP contribution >= 0.6 is 0 Å². The molecule has 0 fully saturated rings. The molecule has 0 unspecified atom stereocenters. The Bertz CT molecular complexity index is 600. The molecule has 0 radical (unpaired) electrons. The van der Waals surface area contributed by atoms with Crippen molar-refractivity contribution in [1.29, 1.82) is 0 Å². The summed E-state index contributed by atoms with van der Waals surface area (Å²) in [5.74, 6) is -0.852. The van der Waals surface area contributed by atoms with Gasteiger partial charge in [-0.15, -0.1) is 6.58 Å². The first-order chi connectivity index (χ1) is 11.1. The van der Waals surface area contributed by atoms with Gasteiger partial charge in [-0.05, 0) is 18.2 Å². The Morgan fingerprint density at radius 3 is 2.50 bits per heavy atom. The number of alkyl halides is 3. The molecule has 0 aliphatic rings. The standard InChI is InChI=1S/C16H19F3N2O3/c1-4-8-21(11-16(17,18)19)15(23)12-6-5-7-13(9-12)24-10-14(22)20(2)3/h4-7,9H,1,8,10-11H2,2-3H3. The van der Waals surface area contributed by atoms with Crippen molar-refractivity contribution in [2.45, 2.75) is 6.18 Å². The van der Waals surface area contributed by atoms with Crippen LogP contribution in [0.4, 0.5) is 13.2 Å². The summed E-state index contributed by atoms with van der Waals surface area (Å²) in [6.07, 6.45) is -3.29. The van der Waals surface area contributed by atoms with Gasteiger partial charge in [0.2, 0.25) is 0 Å². The molecular formula is C16H19F3N2O3. The van der Waals surface area contributed by atoms with Gasteiger partial charge in [-0.25, -0.2) is 0 Å². The molecule has 0 saturated carbocycles. The lowest BCUT2D eigenvalue weighted by Gasteiger charge is -2.22. The molecule has 2 amide bonds. The second-order valence-corrected chi connectivity index (χ2v) is 5.19. The fraction of sp³-hybridized carbons (Fsp3) is 0.375. The van der Waals surface area contributed by atoms with E-state index in [0.717, 1.165) is 0 Å². The van der Waals surface area contributed by atoms with E-state index in [2.05, 4.69) is 6.58 Å². The summed E-state index contributed by atoms with van der Waals surface area (Å²) < 4.78 is 43.0. The van der Waals surface area contributed by atoms with Crippen LogP contribution in [0.1, 0.15) is 10.4 Å². The van der Waals surface area contributed by atoms with Crippen molar-refractivity contribution in [1.82, 2.24) is 9.80 Å². The van der Waals surface area contributed by atoms with E-state index in [-0.39, 0.29) is 30.4 Å². The topological polar surface area (TPSA) is 49.9 Å². The molecule has 1 aromatic rings. The van der Waals surface area contributed by atoms with Gasteiger partial charge < -0.3 is 14.5 Å². The number of ether oxygens (including phenoxy) is 1. The smallest absolute Gasteiger partial charge is 0.406 e. The molecular weight excluding hydrogens is 325 g/mol. The molecule has 0 aliphatic carbocycles. The number of nitrogens with zero attached hydrogens (tertiary/aromatic N) is 2. The fourth-order valence-corrected chi connectivity index (χ4v) is 1.77. The number of halogens is 3. The molecule has 0 heterocycles. The summed E-state index contributed by atoms with van der Waals surface area (Å²) in [5.41, 5.74) is 0.0379. The first-order valence-electron chi connectivity index (χ1n) is 7.04. The normalized spacial score (nSPS) is 10.9. The summed E-state index contributed by atoms with van der Waals surface area (Å²) in [6, 6.07) is 5.68. The largest absolute Gasteiger partial charge is 0.484 e. The molecule has 132 valence electrons. The molecule has 1 rings (SSSR count). The number of amides is 2. The van der Waals surface area contributed by atoms with Gasteiger partial charge in [0.15, 0.2) is 6.61 Å². The van der Waals surface area contributed by atoms with Crippen molar-refractivity contribution in [2.24, 2.45) is 0 Å². The minimum atomic E-state index is -4.51. The van der Waals surface area contributed by atoms with Crippen LogP contribution in [-0.2, 0) is 4.79 Å². The van der Waals surface area contributed by atoms with Gasteiger partial charge in [0.25, 0.3) is 11.8 Å². The Morgan fingerprint density at radius 2 is 1.96 bits per heavy atom. The average Bonchev–Trinajstić information content (AvgIpc) is 2.50. The van der Waals surface area contributed by atoms with Gasteiger partial charge >= 0.3 is 6.18 Å². The molecule has 8 heteroatoms. The van der Waals surface area contributed by atoms with Crippen molar-refractivity contribution >= 4 is 11.8 Å². The first-order valence-corrected chi connectivity index (χ1v) is 7.04. The second kappa shape index (κ2) is 8.37. The maximum Gasteiger partial charge on any atom is 0.406 e. The minimum absolute atomic E-state index is 0.0379. The molecule has 0 bridgehead atoms. The Balaban J connectivity index is 2.87. The van der Waals surface area contributed by atoms with E-state index in [1.165, 1.54) is 35.2 Å². The van der Waals surface area contributed by atoms with E-state index in [4.69, 9.17) is 4.74 Å². The number of hydrogen-bond acceptors (Lipinski definition) is 3. The average molecular weight is 344 g/mol. The molecule has 0 aliphatic heterocycles. The van der Waals surface area contributed by atoms with Crippen LogP contribution in [-0.4, -0.2) is 61.6 Å². The zero-order valence-electron chi connectivity index (χ0n) is 13.5. The van der Waals surface area contributed by atoms with Crippen molar-refractivity contribution in [3.05, 3.63) is 42.5 Å². The van der Waals surface area contributed by atoms with Crippen molar-refractivity contribution in [2.75, 3.05) is 33.8 Å². The Kier molecular flexibility index (Phi) is 6.82. The molecule has 0 spiro atoms. The Morgan fingerprint density at radius 1 is 1.29 bits per heavy atom. The molecule has 24 heavy (non-hydrogen) atoms. The minimum Gasteiger partial charge on any atom is -0.484 e. The summed E-state index contributed by atoms with van der Waals surface area (Å²) in [6.45, 7) is 1.52. The third-order valence-electron chi connectivity index (χ3n) is 2.95.